The largest absolute Gasteiger partial charge is 0.481 e. The summed E-state index contributed by atoms with van der Waals surface area (Å²) in [6.07, 6.45) is 5.37. The number of hydrogen-bond acceptors (Lipinski definition) is 4. The molecule has 0 spiro atoms. The third kappa shape index (κ3) is 7.44. The summed E-state index contributed by atoms with van der Waals surface area (Å²) < 4.78 is 0. The molecule has 1 aliphatic rings. The molecule has 3 N–H and O–H groups in total. The number of carboxylic acids is 1. The third-order valence-electron chi connectivity index (χ3n) is 5.57. The van der Waals surface area contributed by atoms with Crippen molar-refractivity contribution >= 4 is 23.0 Å². The van der Waals surface area contributed by atoms with E-state index in [9.17, 15) is 15.0 Å². The number of benzene rings is 2. The average molecular weight is 425 g/mol. The zero-order valence-electron chi connectivity index (χ0n) is 19.1. The molecule has 31 heavy (non-hydrogen) atoms. The Hall–Kier alpha value is -2.79. The molecule has 0 aliphatic carbocycles. The highest BCUT2D eigenvalue weighted by atomic mass is 16.4. The lowest BCUT2D eigenvalue weighted by molar-refractivity contribution is -0.137. The lowest BCUT2D eigenvalue weighted by Crippen LogP contribution is -2.22. The summed E-state index contributed by atoms with van der Waals surface area (Å²) in [4.78, 5) is 13.4. The summed E-state index contributed by atoms with van der Waals surface area (Å²) in [5, 5.41) is 22.6. The summed E-state index contributed by atoms with van der Waals surface area (Å²) in [7, 11) is 0. The molecule has 5 heteroatoms. The van der Waals surface area contributed by atoms with Crippen LogP contribution in [0, 0.1) is 6.92 Å². The second kappa shape index (κ2) is 12.2. The maximum atomic E-state index is 11.2. The van der Waals surface area contributed by atoms with Crippen LogP contribution in [0.2, 0.25) is 0 Å². The van der Waals surface area contributed by atoms with Gasteiger partial charge < -0.3 is 20.4 Å². The van der Waals surface area contributed by atoms with E-state index in [0.29, 0.717) is 6.54 Å². The number of carbonyl (C=O) groups is 1. The number of aliphatic hydroxyl groups is 1. The zero-order chi connectivity index (χ0) is 22.8. The maximum absolute atomic E-state index is 11.2. The van der Waals surface area contributed by atoms with Gasteiger partial charge in [0.05, 0.1) is 23.9 Å². The van der Waals surface area contributed by atoms with Crippen LogP contribution in [0.25, 0.3) is 0 Å². The first-order chi connectivity index (χ1) is 14.9. The summed E-state index contributed by atoms with van der Waals surface area (Å²) in [5.41, 5.74) is 5.21. The van der Waals surface area contributed by atoms with Gasteiger partial charge in [-0.05, 0) is 69.4 Å². The van der Waals surface area contributed by atoms with Crippen LogP contribution in [0.3, 0.4) is 0 Å². The van der Waals surface area contributed by atoms with Gasteiger partial charge in [0.15, 0.2) is 0 Å². The average Bonchev–Trinajstić information content (AvgIpc) is 3.19. The quantitative estimate of drug-likeness (QED) is 0.486. The van der Waals surface area contributed by atoms with Gasteiger partial charge in [-0.3, -0.25) is 4.79 Å². The van der Waals surface area contributed by atoms with Crippen LogP contribution in [-0.2, 0) is 4.79 Å². The van der Waals surface area contributed by atoms with Crippen LogP contribution in [0.4, 0.5) is 17.1 Å². The van der Waals surface area contributed by atoms with Crippen molar-refractivity contribution in [3.8, 4) is 0 Å². The summed E-state index contributed by atoms with van der Waals surface area (Å²) >= 11 is 0. The van der Waals surface area contributed by atoms with Crippen LogP contribution in [0.1, 0.15) is 57.1 Å². The van der Waals surface area contributed by atoms with E-state index in [1.807, 2.05) is 51.1 Å². The lowest BCUT2D eigenvalue weighted by atomic mass is 9.92. The van der Waals surface area contributed by atoms with Crippen molar-refractivity contribution in [2.24, 2.45) is 0 Å². The Bertz CT molecular complexity index is 857. The van der Waals surface area contributed by atoms with Gasteiger partial charge in [-0.1, -0.05) is 42.8 Å². The Kier molecular flexibility index (Phi) is 9.60. The normalized spacial score (nSPS) is 16.7. The third-order valence-corrected chi connectivity index (χ3v) is 5.57. The first-order valence-electron chi connectivity index (χ1n) is 11.1. The fourth-order valence-corrected chi connectivity index (χ4v) is 3.65. The molecule has 2 atom stereocenters. The second-order valence-electron chi connectivity index (χ2n) is 8.03. The van der Waals surface area contributed by atoms with Gasteiger partial charge in [-0.15, -0.1) is 0 Å². The Morgan fingerprint density at radius 3 is 2.39 bits per heavy atom. The molecule has 0 radical (unpaired) electrons. The summed E-state index contributed by atoms with van der Waals surface area (Å²) in [6.45, 7) is 9.51. The first kappa shape index (κ1) is 24.5. The highest BCUT2D eigenvalue weighted by Gasteiger charge is 2.23. The van der Waals surface area contributed by atoms with Gasteiger partial charge in [0, 0.05) is 18.8 Å². The molecule has 0 saturated carbocycles. The zero-order valence-corrected chi connectivity index (χ0v) is 19.1. The smallest absolute Gasteiger partial charge is 0.303 e. The number of aliphatic hydroxyl groups excluding tert-OH is 1. The van der Waals surface area contributed by atoms with Crippen molar-refractivity contribution in [1.29, 1.82) is 0 Å². The Labute approximate surface area is 186 Å². The minimum Gasteiger partial charge on any atom is -0.481 e. The standard InChI is InChI=1S/C22H28N2O3.C4H8/c1-3-16(13-22(26)27)17-6-9-21(24-11-10-19(25)14-24)20(12-17)23-18-7-4-15(2)5-8-18;1-3-4-2/h4-9,12,16,19,23,25H,3,10-11,13-14H2,1-2H3,(H,26,27);3-4H,1-2H3/t16?,19-;/m0./s1. The molecule has 1 heterocycles. The number of β-amino-alcohol motifs (C(OH)–C–C–N with tert-alkyl or cyclic N) is 1. The van der Waals surface area contributed by atoms with E-state index >= 15 is 0 Å². The van der Waals surface area contributed by atoms with Crippen molar-refractivity contribution in [2.75, 3.05) is 23.3 Å². The van der Waals surface area contributed by atoms with E-state index < -0.39 is 5.97 Å². The fourth-order valence-electron chi connectivity index (χ4n) is 3.65. The van der Waals surface area contributed by atoms with Crippen molar-refractivity contribution in [1.82, 2.24) is 0 Å². The predicted octanol–water partition coefficient (Wildman–Crippen LogP) is 5.86. The van der Waals surface area contributed by atoms with Gasteiger partial charge in [-0.25, -0.2) is 0 Å². The fraction of sp³-hybridized carbons (Fsp3) is 0.423. The number of aryl methyl sites for hydroxylation is 1. The van der Waals surface area contributed by atoms with Crippen LogP contribution >= 0.6 is 0 Å². The molecule has 3 rings (SSSR count). The van der Waals surface area contributed by atoms with Gasteiger partial charge in [0.1, 0.15) is 0 Å². The molecular formula is C26H36N2O3. The Balaban J connectivity index is 0.000000785. The van der Waals surface area contributed by atoms with E-state index in [1.54, 1.807) is 0 Å². The Morgan fingerprint density at radius 1 is 1.19 bits per heavy atom. The van der Waals surface area contributed by atoms with Crippen LogP contribution in [-0.4, -0.2) is 35.4 Å². The molecule has 2 aromatic rings. The minimum absolute atomic E-state index is 0.0145. The van der Waals surface area contributed by atoms with E-state index in [-0.39, 0.29) is 18.4 Å². The van der Waals surface area contributed by atoms with Crippen molar-refractivity contribution in [3.63, 3.8) is 0 Å². The summed E-state index contributed by atoms with van der Waals surface area (Å²) in [6, 6.07) is 14.3. The van der Waals surface area contributed by atoms with E-state index in [4.69, 9.17) is 0 Å². The molecule has 1 unspecified atom stereocenters. The number of nitrogens with zero attached hydrogens (tertiary/aromatic N) is 1. The molecule has 0 amide bonds. The van der Waals surface area contributed by atoms with E-state index in [1.165, 1.54) is 5.56 Å². The van der Waals surface area contributed by atoms with Gasteiger partial charge >= 0.3 is 5.97 Å². The Morgan fingerprint density at radius 2 is 1.87 bits per heavy atom. The van der Waals surface area contributed by atoms with Gasteiger partial charge in [-0.2, -0.15) is 0 Å². The number of hydrogen-bond donors (Lipinski definition) is 3. The van der Waals surface area contributed by atoms with Crippen molar-refractivity contribution in [2.45, 2.75) is 59.0 Å². The number of carboxylic acid groups (broad SMARTS) is 1. The molecule has 168 valence electrons. The molecule has 2 aromatic carbocycles. The van der Waals surface area contributed by atoms with Crippen LogP contribution in [0.5, 0.6) is 0 Å². The lowest BCUT2D eigenvalue weighted by Gasteiger charge is -2.24. The van der Waals surface area contributed by atoms with E-state index in [2.05, 4.69) is 41.4 Å². The predicted molar refractivity (Wildman–Crippen MR) is 130 cm³/mol. The van der Waals surface area contributed by atoms with Crippen LogP contribution < -0.4 is 10.2 Å². The van der Waals surface area contributed by atoms with Crippen molar-refractivity contribution < 1.29 is 15.0 Å². The SMILES string of the molecule is CC=CC.CCC(CC(=O)O)c1ccc(N2CC[C@H](O)C2)c(Nc2ccc(C)cc2)c1. The maximum Gasteiger partial charge on any atom is 0.303 e. The molecular weight excluding hydrogens is 388 g/mol. The number of nitrogens with one attached hydrogen (secondary N) is 1. The summed E-state index contributed by atoms with van der Waals surface area (Å²) in [5.74, 6) is -0.791. The first-order valence-corrected chi connectivity index (χ1v) is 11.1. The van der Waals surface area contributed by atoms with Gasteiger partial charge in [0.2, 0.25) is 0 Å². The minimum atomic E-state index is -0.776. The highest BCUT2D eigenvalue weighted by Crippen LogP contribution is 2.35. The van der Waals surface area contributed by atoms with E-state index in [0.717, 1.165) is 42.0 Å². The monoisotopic (exact) mass is 424 g/mol. The molecule has 1 fully saturated rings. The number of anilines is 3. The van der Waals surface area contributed by atoms with Crippen molar-refractivity contribution in [3.05, 3.63) is 65.7 Å². The highest BCUT2D eigenvalue weighted by molar-refractivity contribution is 5.77. The van der Waals surface area contributed by atoms with Crippen LogP contribution in [0.15, 0.2) is 54.6 Å². The molecule has 0 aromatic heterocycles. The topological polar surface area (TPSA) is 72.8 Å². The van der Waals surface area contributed by atoms with Gasteiger partial charge in [0.25, 0.3) is 0 Å². The molecule has 1 saturated heterocycles. The number of allylic oxidation sites excluding steroid dienone is 2. The molecule has 0 bridgehead atoms. The number of rotatable bonds is 7. The second-order valence-corrected chi connectivity index (χ2v) is 8.03. The molecule has 1 aliphatic heterocycles. The molecule has 5 nitrogen and oxygen atoms in total. The number of aliphatic carboxylic acids is 1.